The van der Waals surface area contributed by atoms with E-state index in [9.17, 15) is 14.4 Å². The highest BCUT2D eigenvalue weighted by molar-refractivity contribution is 9.10. The molecule has 0 spiro atoms. The molecule has 0 saturated carbocycles. The quantitative estimate of drug-likeness (QED) is 0.352. The number of carbonyl (C=O) groups excluding carboxylic acids is 3. The first kappa shape index (κ1) is 22.7. The van der Waals surface area contributed by atoms with E-state index in [1.165, 1.54) is 17.7 Å². The number of Topliss-reactive ketones (excluding diaryl/α,β-unsaturated/α-hetero) is 1. The molecule has 0 aliphatic rings. The molecule has 3 aromatic rings. The number of benzene rings is 1. The van der Waals surface area contributed by atoms with Crippen molar-refractivity contribution in [2.75, 3.05) is 11.9 Å². The second-order valence-corrected chi connectivity index (χ2v) is 8.40. The van der Waals surface area contributed by atoms with Crippen molar-refractivity contribution in [3.05, 3.63) is 62.7 Å². The summed E-state index contributed by atoms with van der Waals surface area (Å²) in [7, 11) is 0. The number of anilines is 1. The Morgan fingerprint density at radius 2 is 1.90 bits per heavy atom. The summed E-state index contributed by atoms with van der Waals surface area (Å²) in [5, 5.41) is 7.14. The van der Waals surface area contributed by atoms with Crippen LogP contribution in [0.4, 0.5) is 5.00 Å². The largest absolute Gasteiger partial charge is 0.471 e. The maximum atomic E-state index is 12.7. The highest BCUT2D eigenvalue weighted by Gasteiger charge is 2.26. The normalized spacial score (nSPS) is 10.6. The predicted molar refractivity (Wildman–Crippen MR) is 120 cm³/mol. The van der Waals surface area contributed by atoms with E-state index >= 15 is 0 Å². The number of amides is 1. The number of nitrogens with one attached hydrogen (secondary N) is 1. The summed E-state index contributed by atoms with van der Waals surface area (Å²) < 4.78 is 13.1. The Morgan fingerprint density at radius 3 is 2.55 bits per heavy atom. The second-order valence-electron chi connectivity index (χ2n) is 6.46. The van der Waals surface area contributed by atoms with E-state index in [0.717, 1.165) is 15.8 Å². The van der Waals surface area contributed by atoms with Crippen molar-refractivity contribution >= 4 is 49.9 Å². The number of hydrogen-bond acceptors (Lipinski definition) is 7. The first-order chi connectivity index (χ1) is 14.8. The van der Waals surface area contributed by atoms with Gasteiger partial charge in [0, 0.05) is 10.7 Å². The van der Waals surface area contributed by atoms with Crippen molar-refractivity contribution in [1.82, 2.24) is 9.78 Å². The van der Waals surface area contributed by atoms with Crippen LogP contribution in [0.2, 0.25) is 0 Å². The van der Waals surface area contributed by atoms with E-state index in [1.807, 2.05) is 24.3 Å². The number of hydrogen-bond donors (Lipinski definition) is 1. The third-order valence-electron chi connectivity index (χ3n) is 4.22. The number of halogens is 1. The molecule has 0 atom stereocenters. The fourth-order valence-corrected chi connectivity index (χ4v) is 4.13. The summed E-state index contributed by atoms with van der Waals surface area (Å²) in [5.74, 6) is -0.630. The van der Waals surface area contributed by atoms with E-state index < -0.39 is 11.9 Å². The molecule has 31 heavy (non-hydrogen) atoms. The Bertz CT molecular complexity index is 1120. The van der Waals surface area contributed by atoms with Gasteiger partial charge in [-0.2, -0.15) is 5.10 Å². The maximum Gasteiger partial charge on any atom is 0.341 e. The molecule has 0 unspecified atom stereocenters. The molecule has 8 nitrogen and oxygen atoms in total. The summed E-state index contributed by atoms with van der Waals surface area (Å²) in [6, 6.07) is 8.87. The summed E-state index contributed by atoms with van der Waals surface area (Å²) in [6.45, 7) is 5.05. The lowest BCUT2D eigenvalue weighted by Crippen LogP contribution is -2.16. The first-order valence-electron chi connectivity index (χ1n) is 9.34. The lowest BCUT2D eigenvalue weighted by atomic mass is 10.1. The van der Waals surface area contributed by atoms with Gasteiger partial charge < -0.3 is 14.8 Å². The molecule has 0 aliphatic carbocycles. The molecular weight excluding hydrogens is 486 g/mol. The fourth-order valence-electron chi connectivity index (χ4n) is 2.78. The number of carbonyl (C=O) groups is 3. The van der Waals surface area contributed by atoms with Gasteiger partial charge in [0.1, 0.15) is 10.8 Å². The smallest absolute Gasteiger partial charge is 0.341 e. The number of esters is 1. The molecular formula is C21H20BrN3O5S. The molecule has 2 heterocycles. The van der Waals surface area contributed by atoms with E-state index in [4.69, 9.17) is 9.47 Å². The van der Waals surface area contributed by atoms with E-state index in [0.29, 0.717) is 16.2 Å². The zero-order valence-corrected chi connectivity index (χ0v) is 19.5. The molecule has 0 saturated heterocycles. The summed E-state index contributed by atoms with van der Waals surface area (Å²) >= 11 is 4.40. The van der Waals surface area contributed by atoms with E-state index in [1.54, 1.807) is 20.0 Å². The summed E-state index contributed by atoms with van der Waals surface area (Å²) in [6.07, 6.45) is 1.61. The van der Waals surface area contributed by atoms with Crippen molar-refractivity contribution in [3.63, 3.8) is 0 Å². The van der Waals surface area contributed by atoms with Gasteiger partial charge >= 0.3 is 5.97 Å². The van der Waals surface area contributed by atoms with Crippen LogP contribution < -0.4 is 10.1 Å². The fraction of sp³-hybridized carbons (Fsp3) is 0.238. The number of nitrogens with zero attached hydrogens (tertiary/aromatic N) is 2. The van der Waals surface area contributed by atoms with Crippen LogP contribution in [-0.4, -0.2) is 34.0 Å². The topological polar surface area (TPSA) is 99.5 Å². The van der Waals surface area contributed by atoms with Crippen LogP contribution in [-0.2, 0) is 11.5 Å². The van der Waals surface area contributed by atoms with Gasteiger partial charge in [-0.1, -0.05) is 15.9 Å². The van der Waals surface area contributed by atoms with Gasteiger partial charge in [0.2, 0.25) is 0 Å². The molecule has 3 rings (SSSR count). The molecule has 10 heteroatoms. The molecule has 1 N–H and O–H groups in total. The van der Waals surface area contributed by atoms with Crippen LogP contribution >= 0.6 is 27.3 Å². The minimum Gasteiger partial charge on any atom is -0.471 e. The molecule has 0 fully saturated rings. The number of thiophene rings is 1. The first-order valence-corrected chi connectivity index (χ1v) is 11.0. The van der Waals surface area contributed by atoms with Crippen molar-refractivity contribution in [2.24, 2.45) is 0 Å². The Morgan fingerprint density at radius 1 is 1.19 bits per heavy atom. The van der Waals surface area contributed by atoms with Crippen LogP contribution in [0.5, 0.6) is 5.75 Å². The lowest BCUT2D eigenvalue weighted by molar-refractivity contribution is 0.0527. The van der Waals surface area contributed by atoms with Crippen LogP contribution in [0.15, 0.2) is 41.0 Å². The van der Waals surface area contributed by atoms with Crippen molar-refractivity contribution < 1.29 is 23.9 Å². The molecule has 1 aromatic carbocycles. The second kappa shape index (κ2) is 9.88. The van der Waals surface area contributed by atoms with E-state index in [2.05, 4.69) is 26.3 Å². The van der Waals surface area contributed by atoms with Gasteiger partial charge in [-0.05, 0) is 56.7 Å². The highest BCUT2D eigenvalue weighted by atomic mass is 79.9. The van der Waals surface area contributed by atoms with Gasteiger partial charge in [-0.3, -0.25) is 9.59 Å². The number of ether oxygens (including phenoxy) is 2. The zero-order valence-electron chi connectivity index (χ0n) is 17.1. The third-order valence-corrected chi connectivity index (χ3v) is 6.06. The zero-order chi connectivity index (χ0) is 22.5. The predicted octanol–water partition coefficient (Wildman–Crippen LogP) is 4.68. The SMILES string of the molecule is CCOC(=O)c1c(NC(=O)c2ccn(COc3ccc(Br)cc3)n2)sc(C(C)=O)c1C. The monoisotopic (exact) mass is 505 g/mol. The number of ketones is 1. The molecule has 162 valence electrons. The average Bonchev–Trinajstić information content (AvgIpc) is 3.32. The summed E-state index contributed by atoms with van der Waals surface area (Å²) in [5.41, 5.74) is 0.813. The number of rotatable bonds is 8. The third kappa shape index (κ3) is 5.39. The average molecular weight is 506 g/mol. The van der Waals surface area contributed by atoms with Crippen molar-refractivity contribution in [2.45, 2.75) is 27.5 Å². The van der Waals surface area contributed by atoms with Crippen LogP contribution in [0.1, 0.15) is 49.9 Å². The molecule has 0 radical (unpaired) electrons. The van der Waals surface area contributed by atoms with Gasteiger partial charge in [-0.25, -0.2) is 9.48 Å². The number of aromatic nitrogens is 2. The Labute approximate surface area is 191 Å². The van der Waals surface area contributed by atoms with Crippen molar-refractivity contribution in [3.8, 4) is 5.75 Å². The van der Waals surface area contributed by atoms with Gasteiger partial charge in [0.05, 0.1) is 17.0 Å². The van der Waals surface area contributed by atoms with Crippen LogP contribution in [0.3, 0.4) is 0 Å². The molecule has 2 aromatic heterocycles. The summed E-state index contributed by atoms with van der Waals surface area (Å²) in [4.78, 5) is 37.4. The van der Waals surface area contributed by atoms with Crippen LogP contribution in [0, 0.1) is 6.92 Å². The molecule has 0 aliphatic heterocycles. The minimum absolute atomic E-state index is 0.121. The Kier molecular flexibility index (Phi) is 7.24. The minimum atomic E-state index is -0.590. The van der Waals surface area contributed by atoms with Gasteiger partial charge in [0.15, 0.2) is 18.2 Å². The standard InChI is InChI=1S/C21H20BrN3O5S/c1-4-29-21(28)17-12(2)18(13(3)26)31-20(17)23-19(27)16-9-10-25(24-16)11-30-15-7-5-14(22)6-8-15/h5-10H,4,11H2,1-3H3,(H,23,27). The Hall–Kier alpha value is -2.98. The molecule has 0 bridgehead atoms. The molecule has 1 amide bonds. The highest BCUT2D eigenvalue weighted by Crippen LogP contribution is 2.34. The van der Waals surface area contributed by atoms with Crippen LogP contribution in [0.25, 0.3) is 0 Å². The van der Waals surface area contributed by atoms with Gasteiger partial charge in [0.25, 0.3) is 5.91 Å². The maximum absolute atomic E-state index is 12.7. The van der Waals surface area contributed by atoms with Gasteiger partial charge in [-0.15, -0.1) is 11.3 Å². The van der Waals surface area contributed by atoms with Crippen molar-refractivity contribution in [1.29, 1.82) is 0 Å². The lowest BCUT2D eigenvalue weighted by Gasteiger charge is -2.07. The van der Waals surface area contributed by atoms with E-state index in [-0.39, 0.29) is 35.4 Å². The Balaban J connectivity index is 1.74.